The van der Waals surface area contributed by atoms with Crippen molar-refractivity contribution in [2.24, 2.45) is 5.92 Å². The maximum Gasteiger partial charge on any atom is 0.179 e. The molecule has 0 bridgehead atoms. The van der Waals surface area contributed by atoms with Gasteiger partial charge in [-0.05, 0) is 55.2 Å². The van der Waals surface area contributed by atoms with Crippen LogP contribution < -0.4 is 5.32 Å². The van der Waals surface area contributed by atoms with Crippen LogP contribution in [-0.4, -0.2) is 44.1 Å². The first-order valence-electron chi connectivity index (χ1n) is 11.5. The maximum absolute atomic E-state index is 12.8. The summed E-state index contributed by atoms with van der Waals surface area (Å²) in [6, 6.07) is 15.7. The summed E-state index contributed by atoms with van der Waals surface area (Å²) in [6.07, 6.45) is 5.99. The average molecular weight is 453 g/mol. The van der Waals surface area contributed by atoms with Gasteiger partial charge in [0.1, 0.15) is 5.82 Å². The number of nitrogens with zero attached hydrogens (tertiary/aromatic N) is 3. The second-order valence-corrected chi connectivity index (χ2v) is 8.73. The molecular weight excluding hydrogens is 428 g/mol. The van der Waals surface area contributed by atoms with Crippen molar-refractivity contribution in [2.75, 3.05) is 18.5 Å². The molecule has 3 aromatic heterocycles. The summed E-state index contributed by atoms with van der Waals surface area (Å²) in [5, 5.41) is 12.4. The van der Waals surface area contributed by atoms with E-state index < -0.39 is 0 Å². The number of carbonyl (C=O) groups excluding carboxylic acids is 1. The number of aromatic amines is 2. The predicted octanol–water partition coefficient (Wildman–Crippen LogP) is 5.24. The van der Waals surface area contributed by atoms with Crippen LogP contribution in [0.1, 0.15) is 29.8 Å². The predicted molar refractivity (Wildman–Crippen MR) is 131 cm³/mol. The van der Waals surface area contributed by atoms with Gasteiger partial charge < -0.3 is 15.0 Å². The van der Waals surface area contributed by atoms with E-state index in [0.29, 0.717) is 29.7 Å². The highest BCUT2D eigenvalue weighted by Crippen LogP contribution is 2.27. The third-order valence-electron chi connectivity index (χ3n) is 6.36. The Morgan fingerprint density at radius 3 is 2.85 bits per heavy atom. The van der Waals surface area contributed by atoms with Gasteiger partial charge >= 0.3 is 0 Å². The number of nitrogens with one attached hydrogen (secondary N) is 3. The molecule has 0 amide bonds. The van der Waals surface area contributed by atoms with E-state index in [-0.39, 0.29) is 5.78 Å². The SMILES string of the molecule is O=C(CC1CCOCC1)c1cc2ccc(-c3nccc(Nc4ccc5[nH]ncc5c4)n3)cc2[nH]1. The Bertz CT molecular complexity index is 1480. The number of benzene rings is 2. The lowest BCUT2D eigenvalue weighted by Crippen LogP contribution is -2.18. The van der Waals surface area contributed by atoms with Gasteiger partial charge in [0.05, 0.1) is 17.4 Å². The van der Waals surface area contributed by atoms with E-state index in [4.69, 9.17) is 9.72 Å². The molecule has 34 heavy (non-hydrogen) atoms. The molecule has 0 saturated carbocycles. The van der Waals surface area contributed by atoms with Crippen LogP contribution in [0.15, 0.2) is 60.9 Å². The number of anilines is 2. The summed E-state index contributed by atoms with van der Waals surface area (Å²) in [5.41, 5.74) is 4.35. The molecular formula is C26H24N6O2. The van der Waals surface area contributed by atoms with Crippen LogP contribution in [-0.2, 0) is 4.74 Å². The highest BCUT2D eigenvalue weighted by Gasteiger charge is 2.19. The molecule has 0 spiro atoms. The first kappa shape index (κ1) is 20.6. The van der Waals surface area contributed by atoms with E-state index >= 15 is 0 Å². The molecule has 1 aliphatic rings. The van der Waals surface area contributed by atoms with Gasteiger partial charge in [-0.1, -0.05) is 12.1 Å². The topological polar surface area (TPSA) is 109 Å². The second-order valence-electron chi connectivity index (χ2n) is 8.73. The van der Waals surface area contributed by atoms with Crippen LogP contribution in [0.25, 0.3) is 33.2 Å². The van der Waals surface area contributed by atoms with Crippen LogP contribution >= 0.6 is 0 Å². The first-order chi connectivity index (χ1) is 16.7. The summed E-state index contributed by atoms with van der Waals surface area (Å²) in [4.78, 5) is 25.3. The van der Waals surface area contributed by atoms with Gasteiger partial charge in [-0.2, -0.15) is 5.10 Å². The molecule has 8 nitrogen and oxygen atoms in total. The average Bonchev–Trinajstić information content (AvgIpc) is 3.51. The number of fused-ring (bicyclic) bond motifs is 2. The molecule has 0 radical (unpaired) electrons. The molecule has 5 aromatic rings. The van der Waals surface area contributed by atoms with Crippen LogP contribution in [0, 0.1) is 5.92 Å². The van der Waals surface area contributed by atoms with Gasteiger partial charge in [-0.3, -0.25) is 9.89 Å². The quantitative estimate of drug-likeness (QED) is 0.304. The fraction of sp³-hybridized carbons (Fsp3) is 0.231. The van der Waals surface area contributed by atoms with E-state index in [1.54, 1.807) is 12.4 Å². The van der Waals surface area contributed by atoms with Gasteiger partial charge in [-0.25, -0.2) is 9.97 Å². The third kappa shape index (κ3) is 4.15. The first-order valence-corrected chi connectivity index (χ1v) is 11.5. The van der Waals surface area contributed by atoms with Crippen LogP contribution in [0.5, 0.6) is 0 Å². The molecule has 8 heteroatoms. The van der Waals surface area contributed by atoms with E-state index in [2.05, 4.69) is 25.5 Å². The molecule has 0 unspecified atom stereocenters. The van der Waals surface area contributed by atoms with Gasteiger partial charge in [-0.15, -0.1) is 0 Å². The standard InChI is InChI=1S/C26H24N6O2/c33-24(11-16-6-9-34-10-7-16)23-13-17-1-2-18(14-22(17)30-23)26-27-8-5-25(31-26)29-20-3-4-21-19(12-20)15-28-32-21/h1-5,8,12-16,30H,6-7,9-11H2,(H,28,32)(H,27,29,31). The van der Waals surface area contributed by atoms with Crippen LogP contribution in [0.3, 0.4) is 0 Å². The zero-order chi connectivity index (χ0) is 22.9. The number of aromatic nitrogens is 5. The Morgan fingerprint density at radius 1 is 1.03 bits per heavy atom. The van der Waals surface area contributed by atoms with Crippen molar-refractivity contribution in [3.05, 3.63) is 66.6 Å². The minimum Gasteiger partial charge on any atom is -0.381 e. The van der Waals surface area contributed by atoms with Crippen molar-refractivity contribution >= 4 is 39.1 Å². The van der Waals surface area contributed by atoms with Crippen molar-refractivity contribution in [3.63, 3.8) is 0 Å². The van der Waals surface area contributed by atoms with Gasteiger partial charge in [0.2, 0.25) is 0 Å². The number of rotatable bonds is 6. The Hall–Kier alpha value is -4.04. The number of carbonyl (C=O) groups is 1. The number of hydrogen-bond donors (Lipinski definition) is 3. The van der Waals surface area contributed by atoms with Crippen molar-refractivity contribution in [1.29, 1.82) is 0 Å². The fourth-order valence-electron chi connectivity index (χ4n) is 4.47. The highest BCUT2D eigenvalue weighted by molar-refractivity contribution is 6.00. The lowest BCUT2D eigenvalue weighted by atomic mass is 9.93. The Labute approximate surface area is 195 Å². The van der Waals surface area contributed by atoms with Crippen molar-refractivity contribution in [1.82, 2.24) is 25.1 Å². The lowest BCUT2D eigenvalue weighted by molar-refractivity contribution is 0.0600. The third-order valence-corrected chi connectivity index (χ3v) is 6.36. The maximum atomic E-state index is 12.8. The summed E-state index contributed by atoms with van der Waals surface area (Å²) >= 11 is 0. The Balaban J connectivity index is 1.22. The smallest absolute Gasteiger partial charge is 0.179 e. The molecule has 1 aliphatic heterocycles. The molecule has 1 fully saturated rings. The molecule has 0 aliphatic carbocycles. The minimum absolute atomic E-state index is 0.154. The Morgan fingerprint density at radius 2 is 1.94 bits per heavy atom. The minimum atomic E-state index is 0.154. The normalized spacial score (nSPS) is 14.6. The Kier molecular flexibility index (Phi) is 5.27. The zero-order valence-corrected chi connectivity index (χ0v) is 18.5. The van der Waals surface area contributed by atoms with E-state index in [9.17, 15) is 4.79 Å². The van der Waals surface area contributed by atoms with E-state index in [0.717, 1.165) is 59.1 Å². The van der Waals surface area contributed by atoms with Crippen molar-refractivity contribution in [2.45, 2.75) is 19.3 Å². The van der Waals surface area contributed by atoms with Crippen LogP contribution in [0.4, 0.5) is 11.5 Å². The molecule has 2 aromatic carbocycles. The van der Waals surface area contributed by atoms with Gasteiger partial charge in [0.25, 0.3) is 0 Å². The largest absolute Gasteiger partial charge is 0.381 e. The lowest BCUT2D eigenvalue weighted by Gasteiger charge is -2.20. The summed E-state index contributed by atoms with van der Waals surface area (Å²) in [5.74, 6) is 1.87. The van der Waals surface area contributed by atoms with E-state index in [1.807, 2.05) is 48.5 Å². The number of H-pyrrole nitrogens is 2. The highest BCUT2D eigenvalue weighted by atomic mass is 16.5. The van der Waals surface area contributed by atoms with Gasteiger partial charge in [0, 0.05) is 53.4 Å². The number of ketones is 1. The molecule has 170 valence electrons. The molecule has 3 N–H and O–H groups in total. The number of hydrogen-bond acceptors (Lipinski definition) is 6. The van der Waals surface area contributed by atoms with Crippen LogP contribution in [0.2, 0.25) is 0 Å². The molecule has 6 rings (SSSR count). The van der Waals surface area contributed by atoms with Crippen molar-refractivity contribution < 1.29 is 9.53 Å². The second kappa shape index (κ2) is 8.72. The molecule has 4 heterocycles. The number of Topliss-reactive ketones (excluding diaryl/α,β-unsaturated/α-hetero) is 1. The molecule has 0 atom stereocenters. The molecule has 1 saturated heterocycles. The zero-order valence-electron chi connectivity index (χ0n) is 18.5. The summed E-state index contributed by atoms with van der Waals surface area (Å²) in [6.45, 7) is 1.50. The van der Waals surface area contributed by atoms with Gasteiger partial charge in [0.15, 0.2) is 11.6 Å². The van der Waals surface area contributed by atoms with Crippen molar-refractivity contribution in [3.8, 4) is 11.4 Å². The fourth-order valence-corrected chi connectivity index (χ4v) is 4.47. The van der Waals surface area contributed by atoms with E-state index in [1.165, 1.54) is 0 Å². The number of ether oxygens (including phenoxy) is 1. The monoisotopic (exact) mass is 452 g/mol. The summed E-state index contributed by atoms with van der Waals surface area (Å²) in [7, 11) is 0. The summed E-state index contributed by atoms with van der Waals surface area (Å²) < 4.78 is 5.41.